The molecule has 0 spiro atoms. The highest BCUT2D eigenvalue weighted by atomic mass is 32.1. The van der Waals surface area contributed by atoms with Gasteiger partial charge < -0.3 is 4.90 Å². The maximum atomic E-state index is 8.89. The summed E-state index contributed by atoms with van der Waals surface area (Å²) in [5.41, 5.74) is 2.00. The minimum absolute atomic E-state index is 0.634. The van der Waals surface area contributed by atoms with E-state index in [1.165, 1.54) is 18.4 Å². The summed E-state index contributed by atoms with van der Waals surface area (Å²) < 4.78 is 4.54. The van der Waals surface area contributed by atoms with Crippen LogP contribution in [0.5, 0.6) is 0 Å². The fourth-order valence-corrected chi connectivity index (χ4v) is 3.92. The Bertz CT molecular complexity index is 729. The summed E-state index contributed by atoms with van der Waals surface area (Å²) in [6.07, 6.45) is 3.66. The third kappa shape index (κ3) is 3.58. The predicted molar refractivity (Wildman–Crippen MR) is 95.1 cm³/mol. The fraction of sp³-hybridized carbons (Fsp3) is 0.500. The van der Waals surface area contributed by atoms with E-state index >= 15 is 0 Å². The molecule has 0 unspecified atom stereocenters. The molecule has 2 fully saturated rings. The zero-order valence-electron chi connectivity index (χ0n) is 13.7. The Morgan fingerprint density at radius 3 is 2.71 bits per heavy atom. The summed E-state index contributed by atoms with van der Waals surface area (Å²) in [5, 5.41) is 9.98. The van der Waals surface area contributed by atoms with Crippen LogP contribution in [-0.2, 0) is 6.54 Å². The molecule has 1 aromatic carbocycles. The van der Waals surface area contributed by atoms with Crippen molar-refractivity contribution >= 4 is 16.7 Å². The lowest BCUT2D eigenvalue weighted by Crippen LogP contribution is -2.30. The van der Waals surface area contributed by atoms with Gasteiger partial charge in [-0.2, -0.15) is 9.64 Å². The van der Waals surface area contributed by atoms with Gasteiger partial charge in [0, 0.05) is 50.2 Å². The molecule has 0 atom stereocenters. The molecule has 1 saturated carbocycles. The minimum Gasteiger partial charge on any atom is -0.346 e. The molecule has 1 aliphatic heterocycles. The predicted octanol–water partition coefficient (Wildman–Crippen LogP) is 3.00. The fourth-order valence-electron chi connectivity index (χ4n) is 3.13. The molecule has 24 heavy (non-hydrogen) atoms. The summed E-state index contributed by atoms with van der Waals surface area (Å²) in [6, 6.07) is 10.1. The molecule has 0 bridgehead atoms. The third-order valence-corrected chi connectivity index (χ3v) is 5.51. The van der Waals surface area contributed by atoms with E-state index in [1.807, 2.05) is 12.1 Å². The van der Waals surface area contributed by atoms with E-state index in [0.29, 0.717) is 5.92 Å². The minimum atomic E-state index is 0.634. The summed E-state index contributed by atoms with van der Waals surface area (Å²) in [4.78, 5) is 9.63. The van der Waals surface area contributed by atoms with Crippen molar-refractivity contribution in [2.45, 2.75) is 31.7 Å². The number of hydrogen-bond acceptors (Lipinski definition) is 6. The van der Waals surface area contributed by atoms with Gasteiger partial charge in [0.2, 0.25) is 5.13 Å². The maximum absolute atomic E-state index is 8.89. The molecule has 2 heterocycles. The summed E-state index contributed by atoms with van der Waals surface area (Å²) in [5.74, 6) is 1.70. The zero-order chi connectivity index (χ0) is 16.4. The van der Waals surface area contributed by atoms with E-state index < -0.39 is 0 Å². The van der Waals surface area contributed by atoms with Gasteiger partial charge in [0.25, 0.3) is 0 Å². The number of nitrogens with zero attached hydrogens (tertiary/aromatic N) is 5. The number of hydrogen-bond donors (Lipinski definition) is 0. The van der Waals surface area contributed by atoms with Gasteiger partial charge in [0.15, 0.2) is 0 Å². The van der Waals surface area contributed by atoms with Crippen molar-refractivity contribution in [2.24, 2.45) is 0 Å². The van der Waals surface area contributed by atoms with Crippen LogP contribution in [0.1, 0.15) is 42.1 Å². The first-order valence-corrected chi connectivity index (χ1v) is 9.39. The van der Waals surface area contributed by atoms with E-state index in [1.54, 1.807) is 11.5 Å². The van der Waals surface area contributed by atoms with Crippen LogP contribution >= 0.6 is 11.5 Å². The Kier molecular flexibility index (Phi) is 4.46. The highest BCUT2D eigenvalue weighted by molar-refractivity contribution is 7.09. The average Bonchev–Trinajstić information content (AvgIpc) is 3.39. The Morgan fingerprint density at radius 2 is 1.96 bits per heavy atom. The Balaban J connectivity index is 1.35. The molecule has 6 heteroatoms. The molecule has 2 aliphatic rings. The Hall–Kier alpha value is -1.97. The lowest BCUT2D eigenvalue weighted by molar-refractivity contribution is 0.285. The first-order valence-electron chi connectivity index (χ1n) is 8.62. The third-order valence-electron chi connectivity index (χ3n) is 4.72. The topological polar surface area (TPSA) is 56.1 Å². The Morgan fingerprint density at radius 1 is 1.12 bits per heavy atom. The maximum Gasteiger partial charge on any atom is 0.205 e. The number of anilines is 1. The summed E-state index contributed by atoms with van der Waals surface area (Å²) in [6.45, 7) is 5.16. The van der Waals surface area contributed by atoms with Gasteiger partial charge >= 0.3 is 0 Å². The number of nitriles is 1. The van der Waals surface area contributed by atoms with Crippen molar-refractivity contribution in [3.8, 4) is 6.07 Å². The SMILES string of the molecule is N#Cc1ccc(CN2CCCN(c3nc(C4CC4)ns3)CC2)cc1. The molecule has 1 saturated heterocycles. The quantitative estimate of drug-likeness (QED) is 0.857. The normalized spacial score (nSPS) is 19.0. The van der Waals surface area contributed by atoms with Gasteiger partial charge in [0.1, 0.15) is 5.82 Å². The van der Waals surface area contributed by atoms with Gasteiger partial charge in [-0.15, -0.1) is 0 Å². The molecular formula is C18H21N5S. The molecule has 0 N–H and O–H groups in total. The van der Waals surface area contributed by atoms with Crippen LogP contribution in [0, 0.1) is 11.3 Å². The van der Waals surface area contributed by atoms with Crippen molar-refractivity contribution < 1.29 is 0 Å². The van der Waals surface area contributed by atoms with E-state index in [9.17, 15) is 0 Å². The second kappa shape index (κ2) is 6.88. The summed E-state index contributed by atoms with van der Waals surface area (Å²) >= 11 is 1.56. The van der Waals surface area contributed by atoms with E-state index in [-0.39, 0.29) is 0 Å². The smallest absolute Gasteiger partial charge is 0.205 e. The van der Waals surface area contributed by atoms with E-state index in [2.05, 4.69) is 32.4 Å². The standard InChI is InChI=1S/C18H21N5S/c19-12-14-2-4-15(5-3-14)13-22-8-1-9-23(11-10-22)18-20-17(21-24-18)16-6-7-16/h2-5,16H,1,6-11,13H2. The van der Waals surface area contributed by atoms with E-state index in [0.717, 1.165) is 55.7 Å². The first kappa shape index (κ1) is 15.6. The van der Waals surface area contributed by atoms with Crippen molar-refractivity contribution in [3.63, 3.8) is 0 Å². The van der Waals surface area contributed by atoms with Crippen LogP contribution in [0.2, 0.25) is 0 Å². The highest BCUT2D eigenvalue weighted by Gasteiger charge is 2.29. The van der Waals surface area contributed by atoms with Gasteiger partial charge in [-0.05, 0) is 37.0 Å². The van der Waals surface area contributed by atoms with Crippen LogP contribution in [0.3, 0.4) is 0 Å². The van der Waals surface area contributed by atoms with Gasteiger partial charge in [-0.3, -0.25) is 4.90 Å². The zero-order valence-corrected chi connectivity index (χ0v) is 14.5. The molecule has 4 rings (SSSR count). The molecule has 124 valence electrons. The van der Waals surface area contributed by atoms with Gasteiger partial charge in [0.05, 0.1) is 11.6 Å². The molecular weight excluding hydrogens is 318 g/mol. The molecule has 1 aliphatic carbocycles. The van der Waals surface area contributed by atoms with Crippen molar-refractivity contribution in [1.82, 2.24) is 14.3 Å². The average molecular weight is 339 g/mol. The van der Waals surface area contributed by atoms with Crippen LogP contribution in [0.15, 0.2) is 24.3 Å². The molecule has 0 radical (unpaired) electrons. The monoisotopic (exact) mass is 339 g/mol. The van der Waals surface area contributed by atoms with Crippen LogP contribution in [0.4, 0.5) is 5.13 Å². The first-order chi connectivity index (χ1) is 11.8. The van der Waals surface area contributed by atoms with Crippen LogP contribution in [0.25, 0.3) is 0 Å². The number of aromatic nitrogens is 2. The van der Waals surface area contributed by atoms with Crippen LogP contribution < -0.4 is 4.90 Å². The van der Waals surface area contributed by atoms with Crippen molar-refractivity contribution in [1.29, 1.82) is 5.26 Å². The number of benzene rings is 1. The van der Waals surface area contributed by atoms with E-state index in [4.69, 9.17) is 10.2 Å². The largest absolute Gasteiger partial charge is 0.346 e. The molecule has 2 aromatic rings. The van der Waals surface area contributed by atoms with Gasteiger partial charge in [-0.1, -0.05) is 12.1 Å². The molecule has 1 aromatic heterocycles. The van der Waals surface area contributed by atoms with Crippen molar-refractivity contribution in [2.75, 3.05) is 31.1 Å². The van der Waals surface area contributed by atoms with Crippen LogP contribution in [-0.4, -0.2) is 40.4 Å². The lowest BCUT2D eigenvalue weighted by atomic mass is 10.1. The summed E-state index contributed by atoms with van der Waals surface area (Å²) in [7, 11) is 0. The molecule has 0 amide bonds. The lowest BCUT2D eigenvalue weighted by Gasteiger charge is -2.21. The number of rotatable bonds is 4. The highest BCUT2D eigenvalue weighted by Crippen LogP contribution is 2.39. The van der Waals surface area contributed by atoms with Gasteiger partial charge in [-0.25, -0.2) is 4.98 Å². The van der Waals surface area contributed by atoms with Crippen molar-refractivity contribution in [3.05, 3.63) is 41.2 Å². The second-order valence-corrected chi connectivity index (χ2v) is 7.37. The Labute approximate surface area is 146 Å². The second-order valence-electron chi connectivity index (χ2n) is 6.63. The molecule has 5 nitrogen and oxygen atoms in total.